The van der Waals surface area contributed by atoms with E-state index in [1.54, 1.807) is 0 Å². The fourth-order valence-electron chi connectivity index (χ4n) is 2.35. The topological polar surface area (TPSA) is 24.5 Å². The van der Waals surface area contributed by atoms with Gasteiger partial charge in [0.25, 0.3) is 0 Å². The molecular formula is C12H26N2O. The minimum Gasteiger partial charge on any atom is -0.380 e. The van der Waals surface area contributed by atoms with Gasteiger partial charge < -0.3 is 15.0 Å². The standard InChI is InChI=1S/C12H26N2O/c1-4-15-9-8-14(3)11-12(2)6-5-7-13-10-12/h13H,4-11H2,1-3H3. The Bertz CT molecular complexity index is 167. The Morgan fingerprint density at radius 3 is 2.87 bits per heavy atom. The first-order valence-corrected chi connectivity index (χ1v) is 6.13. The van der Waals surface area contributed by atoms with Crippen LogP contribution in [0, 0.1) is 5.41 Å². The Morgan fingerprint density at radius 1 is 1.47 bits per heavy atom. The fraction of sp³-hybridized carbons (Fsp3) is 1.00. The highest BCUT2D eigenvalue weighted by Gasteiger charge is 2.27. The van der Waals surface area contributed by atoms with Crippen molar-refractivity contribution in [1.82, 2.24) is 10.2 Å². The third kappa shape index (κ3) is 4.96. The summed E-state index contributed by atoms with van der Waals surface area (Å²) in [6.07, 6.45) is 2.66. The van der Waals surface area contributed by atoms with Crippen molar-refractivity contribution < 1.29 is 4.74 Å². The Labute approximate surface area is 94.2 Å². The minimum atomic E-state index is 0.458. The van der Waals surface area contributed by atoms with Crippen LogP contribution in [0.1, 0.15) is 26.7 Å². The zero-order valence-corrected chi connectivity index (χ0v) is 10.5. The third-order valence-corrected chi connectivity index (χ3v) is 3.16. The van der Waals surface area contributed by atoms with Crippen molar-refractivity contribution in [1.29, 1.82) is 0 Å². The number of ether oxygens (including phenoxy) is 1. The molecule has 0 aliphatic carbocycles. The van der Waals surface area contributed by atoms with Crippen molar-refractivity contribution >= 4 is 0 Å². The first-order chi connectivity index (χ1) is 7.16. The van der Waals surface area contributed by atoms with E-state index in [1.165, 1.54) is 25.9 Å². The van der Waals surface area contributed by atoms with Gasteiger partial charge in [0.2, 0.25) is 0 Å². The summed E-state index contributed by atoms with van der Waals surface area (Å²) >= 11 is 0. The molecular weight excluding hydrogens is 188 g/mol. The Hall–Kier alpha value is -0.120. The quantitative estimate of drug-likeness (QED) is 0.675. The lowest BCUT2D eigenvalue weighted by Crippen LogP contribution is -2.45. The molecule has 15 heavy (non-hydrogen) atoms. The lowest BCUT2D eigenvalue weighted by atomic mass is 9.82. The Kier molecular flexibility index (Phi) is 5.58. The van der Waals surface area contributed by atoms with Crippen LogP contribution in [0.2, 0.25) is 0 Å². The van der Waals surface area contributed by atoms with Crippen LogP contribution < -0.4 is 5.32 Å². The van der Waals surface area contributed by atoms with E-state index in [9.17, 15) is 0 Å². The summed E-state index contributed by atoms with van der Waals surface area (Å²) in [5.41, 5.74) is 0.458. The van der Waals surface area contributed by atoms with E-state index in [0.717, 1.165) is 26.3 Å². The molecule has 0 saturated carbocycles. The van der Waals surface area contributed by atoms with Crippen LogP contribution in [0.25, 0.3) is 0 Å². The molecule has 3 nitrogen and oxygen atoms in total. The molecule has 1 saturated heterocycles. The highest BCUT2D eigenvalue weighted by Crippen LogP contribution is 2.25. The number of nitrogens with one attached hydrogen (secondary N) is 1. The lowest BCUT2D eigenvalue weighted by Gasteiger charge is -2.37. The molecule has 0 amide bonds. The second-order valence-electron chi connectivity index (χ2n) is 5.03. The van der Waals surface area contributed by atoms with Crippen molar-refractivity contribution in [2.24, 2.45) is 5.41 Å². The third-order valence-electron chi connectivity index (χ3n) is 3.16. The van der Waals surface area contributed by atoms with Crippen LogP contribution in [-0.2, 0) is 4.74 Å². The summed E-state index contributed by atoms with van der Waals surface area (Å²) in [5, 5.41) is 3.49. The van der Waals surface area contributed by atoms with Gasteiger partial charge in [-0.1, -0.05) is 6.92 Å². The molecule has 1 aliphatic heterocycles. The summed E-state index contributed by atoms with van der Waals surface area (Å²) in [6, 6.07) is 0. The van der Waals surface area contributed by atoms with Crippen LogP contribution >= 0.6 is 0 Å². The molecule has 0 aromatic carbocycles. The smallest absolute Gasteiger partial charge is 0.0593 e. The van der Waals surface area contributed by atoms with Gasteiger partial charge in [-0.05, 0) is 38.8 Å². The average molecular weight is 214 g/mol. The van der Waals surface area contributed by atoms with Crippen molar-refractivity contribution in [3.63, 3.8) is 0 Å². The molecule has 1 heterocycles. The van der Waals surface area contributed by atoms with E-state index in [-0.39, 0.29) is 0 Å². The van der Waals surface area contributed by atoms with Crippen molar-refractivity contribution in [3.8, 4) is 0 Å². The molecule has 90 valence electrons. The molecule has 3 heteroatoms. The van der Waals surface area contributed by atoms with E-state index in [0.29, 0.717) is 5.41 Å². The van der Waals surface area contributed by atoms with E-state index in [2.05, 4.69) is 24.2 Å². The number of piperidine rings is 1. The van der Waals surface area contributed by atoms with Gasteiger partial charge in [-0.3, -0.25) is 0 Å². The SMILES string of the molecule is CCOCCN(C)CC1(C)CCCNC1. The number of rotatable bonds is 6. The van der Waals surface area contributed by atoms with Crippen LogP contribution in [0.4, 0.5) is 0 Å². The molecule has 0 bridgehead atoms. The molecule has 1 atom stereocenters. The first-order valence-electron chi connectivity index (χ1n) is 6.13. The van der Waals surface area contributed by atoms with Crippen LogP contribution in [0.3, 0.4) is 0 Å². The number of hydrogen-bond acceptors (Lipinski definition) is 3. The zero-order valence-electron chi connectivity index (χ0n) is 10.5. The van der Waals surface area contributed by atoms with Gasteiger partial charge in [0.05, 0.1) is 6.61 Å². The molecule has 0 aromatic heterocycles. The summed E-state index contributed by atoms with van der Waals surface area (Å²) in [5.74, 6) is 0. The van der Waals surface area contributed by atoms with Crippen molar-refractivity contribution in [3.05, 3.63) is 0 Å². The maximum Gasteiger partial charge on any atom is 0.0593 e. The van der Waals surface area contributed by atoms with Crippen molar-refractivity contribution in [2.45, 2.75) is 26.7 Å². The maximum absolute atomic E-state index is 5.37. The molecule has 1 unspecified atom stereocenters. The van der Waals surface area contributed by atoms with Crippen LogP contribution in [0.5, 0.6) is 0 Å². The predicted molar refractivity (Wildman–Crippen MR) is 64.2 cm³/mol. The highest BCUT2D eigenvalue weighted by atomic mass is 16.5. The summed E-state index contributed by atoms with van der Waals surface area (Å²) < 4.78 is 5.37. The largest absolute Gasteiger partial charge is 0.380 e. The highest BCUT2D eigenvalue weighted by molar-refractivity contribution is 4.83. The van der Waals surface area contributed by atoms with E-state index in [4.69, 9.17) is 4.74 Å². The molecule has 1 N–H and O–H groups in total. The molecule has 0 radical (unpaired) electrons. The number of hydrogen-bond donors (Lipinski definition) is 1. The second-order valence-corrected chi connectivity index (χ2v) is 5.03. The van der Waals surface area contributed by atoms with E-state index >= 15 is 0 Å². The van der Waals surface area contributed by atoms with Gasteiger partial charge in [0.15, 0.2) is 0 Å². The second kappa shape index (κ2) is 6.46. The van der Waals surface area contributed by atoms with Gasteiger partial charge in [-0.2, -0.15) is 0 Å². The summed E-state index contributed by atoms with van der Waals surface area (Å²) in [4.78, 5) is 2.39. The first kappa shape index (κ1) is 12.9. The van der Waals surface area contributed by atoms with Gasteiger partial charge in [0.1, 0.15) is 0 Å². The van der Waals surface area contributed by atoms with E-state index in [1.807, 2.05) is 6.92 Å². The van der Waals surface area contributed by atoms with Gasteiger partial charge in [0, 0.05) is 26.2 Å². The predicted octanol–water partition coefficient (Wildman–Crippen LogP) is 1.34. The average Bonchev–Trinajstić information content (AvgIpc) is 2.18. The summed E-state index contributed by atoms with van der Waals surface area (Å²) in [6.45, 7) is 10.7. The van der Waals surface area contributed by atoms with Crippen LogP contribution in [-0.4, -0.2) is 51.3 Å². The van der Waals surface area contributed by atoms with Crippen LogP contribution in [0.15, 0.2) is 0 Å². The molecule has 1 aliphatic rings. The molecule has 1 fully saturated rings. The molecule has 1 rings (SSSR count). The van der Waals surface area contributed by atoms with Gasteiger partial charge in [-0.15, -0.1) is 0 Å². The van der Waals surface area contributed by atoms with E-state index < -0.39 is 0 Å². The van der Waals surface area contributed by atoms with Gasteiger partial charge in [-0.25, -0.2) is 0 Å². The number of likely N-dealkylation sites (N-methyl/N-ethyl adjacent to an activating group) is 1. The monoisotopic (exact) mass is 214 g/mol. The van der Waals surface area contributed by atoms with Crippen molar-refractivity contribution in [2.75, 3.05) is 46.4 Å². The zero-order chi connectivity index (χ0) is 11.1. The maximum atomic E-state index is 5.37. The number of nitrogens with zero attached hydrogens (tertiary/aromatic N) is 1. The lowest BCUT2D eigenvalue weighted by molar-refractivity contribution is 0.0952. The summed E-state index contributed by atoms with van der Waals surface area (Å²) in [7, 11) is 2.19. The minimum absolute atomic E-state index is 0.458. The Morgan fingerprint density at radius 2 is 2.27 bits per heavy atom. The molecule has 0 aromatic rings. The van der Waals surface area contributed by atoms with Gasteiger partial charge >= 0.3 is 0 Å². The Balaban J connectivity index is 2.20. The fourth-order valence-corrected chi connectivity index (χ4v) is 2.35. The normalized spacial score (nSPS) is 27.2. The molecule has 0 spiro atoms.